The Morgan fingerprint density at radius 2 is 2.19 bits per heavy atom. The summed E-state index contributed by atoms with van der Waals surface area (Å²) in [4.78, 5) is 20.4. The van der Waals surface area contributed by atoms with E-state index in [2.05, 4.69) is 10.3 Å². The molecule has 1 N–H and O–H groups in total. The zero-order chi connectivity index (χ0) is 14.8. The van der Waals surface area contributed by atoms with Gasteiger partial charge >= 0.3 is 0 Å². The van der Waals surface area contributed by atoms with E-state index in [4.69, 9.17) is 9.72 Å². The fourth-order valence-electron chi connectivity index (χ4n) is 2.39. The average molecular weight is 285 g/mol. The smallest absolute Gasteiger partial charge is 0.216 e. The Kier molecular flexibility index (Phi) is 3.73. The third-order valence-corrected chi connectivity index (χ3v) is 3.68. The van der Waals surface area contributed by atoms with Crippen molar-refractivity contribution in [1.29, 1.82) is 0 Å². The number of rotatable bonds is 5. The maximum absolute atomic E-state index is 11.0. The number of methoxy groups -OCH3 is 1. The van der Waals surface area contributed by atoms with E-state index in [1.807, 2.05) is 18.2 Å². The molecule has 0 atom stereocenters. The molecule has 1 aliphatic carbocycles. The fraction of sp³-hybridized carbons (Fsp3) is 0.438. The van der Waals surface area contributed by atoms with Gasteiger partial charge in [0, 0.05) is 31.2 Å². The van der Waals surface area contributed by atoms with Crippen LogP contribution in [0.3, 0.4) is 0 Å². The van der Waals surface area contributed by atoms with E-state index in [-0.39, 0.29) is 5.91 Å². The molecule has 5 heteroatoms. The number of carbonyl (C=O) groups excluding carboxylic acids is 1. The first-order valence-electron chi connectivity index (χ1n) is 7.26. The molecule has 5 nitrogen and oxygen atoms in total. The van der Waals surface area contributed by atoms with E-state index in [9.17, 15) is 4.79 Å². The van der Waals surface area contributed by atoms with Crippen LogP contribution in [0.5, 0.6) is 5.75 Å². The summed E-state index contributed by atoms with van der Waals surface area (Å²) in [5, 5.41) is 3.82. The highest BCUT2D eigenvalue weighted by Crippen LogP contribution is 2.39. The second-order valence-electron chi connectivity index (χ2n) is 5.42. The summed E-state index contributed by atoms with van der Waals surface area (Å²) < 4.78 is 5.28. The summed E-state index contributed by atoms with van der Waals surface area (Å²) in [5.74, 6) is 2.22. The van der Waals surface area contributed by atoms with E-state index in [1.54, 1.807) is 7.11 Å². The molecule has 1 fully saturated rings. The van der Waals surface area contributed by atoms with Crippen molar-refractivity contribution >= 4 is 16.8 Å². The lowest BCUT2D eigenvalue weighted by atomic mass is 10.1. The minimum Gasteiger partial charge on any atom is -0.497 e. The maximum atomic E-state index is 11.0. The topological polar surface area (TPSA) is 64.1 Å². The first kappa shape index (κ1) is 13.8. The molecular weight excluding hydrogens is 266 g/mol. The van der Waals surface area contributed by atoms with E-state index >= 15 is 0 Å². The first-order chi connectivity index (χ1) is 10.2. The Hall–Kier alpha value is -2.17. The van der Waals surface area contributed by atoms with Crippen LogP contribution in [-0.4, -0.2) is 29.5 Å². The molecule has 2 aromatic rings. The highest BCUT2D eigenvalue weighted by Gasteiger charge is 2.27. The van der Waals surface area contributed by atoms with E-state index in [0.29, 0.717) is 18.9 Å². The van der Waals surface area contributed by atoms with Gasteiger partial charge in [-0.25, -0.2) is 9.97 Å². The van der Waals surface area contributed by atoms with Gasteiger partial charge in [0.2, 0.25) is 5.91 Å². The fourth-order valence-corrected chi connectivity index (χ4v) is 2.39. The van der Waals surface area contributed by atoms with Crippen LogP contribution in [0.1, 0.15) is 37.2 Å². The highest BCUT2D eigenvalue weighted by atomic mass is 16.5. The van der Waals surface area contributed by atoms with Gasteiger partial charge in [-0.15, -0.1) is 0 Å². The maximum Gasteiger partial charge on any atom is 0.216 e. The summed E-state index contributed by atoms with van der Waals surface area (Å²) in [6.07, 6.45) is 3.05. The molecular formula is C16H19N3O2. The van der Waals surface area contributed by atoms with Crippen LogP contribution >= 0.6 is 0 Å². The van der Waals surface area contributed by atoms with Gasteiger partial charge in [0.05, 0.1) is 18.3 Å². The number of ether oxygens (including phenoxy) is 1. The van der Waals surface area contributed by atoms with Crippen molar-refractivity contribution in [2.45, 2.75) is 32.1 Å². The van der Waals surface area contributed by atoms with Gasteiger partial charge in [-0.05, 0) is 31.0 Å². The summed E-state index contributed by atoms with van der Waals surface area (Å²) in [5.41, 5.74) is 1.93. The monoisotopic (exact) mass is 285 g/mol. The number of benzene rings is 1. The van der Waals surface area contributed by atoms with Gasteiger partial charge in [0.1, 0.15) is 11.6 Å². The number of hydrogen-bond donors (Lipinski definition) is 1. The largest absolute Gasteiger partial charge is 0.497 e. The Bertz CT molecular complexity index is 681. The summed E-state index contributed by atoms with van der Waals surface area (Å²) in [7, 11) is 1.65. The van der Waals surface area contributed by atoms with Crippen molar-refractivity contribution in [1.82, 2.24) is 15.3 Å². The third-order valence-electron chi connectivity index (χ3n) is 3.68. The molecule has 3 rings (SSSR count). The lowest BCUT2D eigenvalue weighted by molar-refractivity contribution is -0.118. The average Bonchev–Trinajstić information content (AvgIpc) is 3.30. The molecule has 0 aliphatic heterocycles. The Morgan fingerprint density at radius 3 is 2.86 bits per heavy atom. The second-order valence-corrected chi connectivity index (χ2v) is 5.42. The van der Waals surface area contributed by atoms with E-state index in [0.717, 1.165) is 28.2 Å². The molecule has 1 amide bonds. The molecule has 0 radical (unpaired) electrons. The zero-order valence-electron chi connectivity index (χ0n) is 12.3. The SMILES string of the molecule is COc1ccc2nc(C3CC3)nc(CCNC(C)=O)c2c1. The molecule has 1 aliphatic rings. The second kappa shape index (κ2) is 5.68. The number of nitrogens with zero attached hydrogens (tertiary/aromatic N) is 2. The van der Waals surface area contributed by atoms with Gasteiger partial charge in [0.25, 0.3) is 0 Å². The van der Waals surface area contributed by atoms with Gasteiger partial charge < -0.3 is 10.1 Å². The molecule has 1 aromatic heterocycles. The number of aromatic nitrogens is 2. The quantitative estimate of drug-likeness (QED) is 0.914. The van der Waals surface area contributed by atoms with Crippen LogP contribution in [0, 0.1) is 0 Å². The van der Waals surface area contributed by atoms with Gasteiger partial charge in [-0.1, -0.05) is 0 Å². The Balaban J connectivity index is 1.97. The first-order valence-corrected chi connectivity index (χ1v) is 7.26. The lowest BCUT2D eigenvalue weighted by Crippen LogP contribution is -2.23. The van der Waals surface area contributed by atoms with Crippen molar-refractivity contribution in [3.05, 3.63) is 29.7 Å². The Morgan fingerprint density at radius 1 is 1.38 bits per heavy atom. The zero-order valence-corrected chi connectivity index (χ0v) is 12.3. The Labute approximate surface area is 123 Å². The number of nitrogens with one attached hydrogen (secondary N) is 1. The predicted molar refractivity (Wildman–Crippen MR) is 80.5 cm³/mol. The number of amides is 1. The van der Waals surface area contributed by atoms with Gasteiger partial charge in [-0.2, -0.15) is 0 Å². The van der Waals surface area contributed by atoms with Crippen molar-refractivity contribution in [2.75, 3.05) is 13.7 Å². The van der Waals surface area contributed by atoms with E-state index < -0.39 is 0 Å². The summed E-state index contributed by atoms with van der Waals surface area (Å²) >= 11 is 0. The van der Waals surface area contributed by atoms with Gasteiger partial charge in [0.15, 0.2) is 0 Å². The van der Waals surface area contributed by atoms with Crippen LogP contribution in [0.25, 0.3) is 10.9 Å². The molecule has 1 saturated carbocycles. The summed E-state index contributed by atoms with van der Waals surface area (Å²) in [6.45, 7) is 2.11. The van der Waals surface area contributed by atoms with E-state index in [1.165, 1.54) is 19.8 Å². The van der Waals surface area contributed by atoms with Crippen LogP contribution < -0.4 is 10.1 Å². The molecule has 0 saturated heterocycles. The number of hydrogen-bond acceptors (Lipinski definition) is 4. The number of fused-ring (bicyclic) bond motifs is 1. The molecule has 0 unspecified atom stereocenters. The van der Waals surface area contributed by atoms with Crippen molar-refractivity contribution < 1.29 is 9.53 Å². The number of carbonyl (C=O) groups is 1. The minimum absolute atomic E-state index is 0.0200. The molecule has 1 heterocycles. The lowest BCUT2D eigenvalue weighted by Gasteiger charge is -2.10. The molecule has 110 valence electrons. The van der Waals surface area contributed by atoms with Crippen LogP contribution in [0.15, 0.2) is 18.2 Å². The van der Waals surface area contributed by atoms with Crippen molar-refractivity contribution in [3.63, 3.8) is 0 Å². The van der Waals surface area contributed by atoms with Crippen LogP contribution in [0.4, 0.5) is 0 Å². The standard InChI is InChI=1S/C16H19N3O2/c1-10(20)17-8-7-15-13-9-12(21-2)5-6-14(13)18-16(19-15)11-3-4-11/h5-6,9,11H,3-4,7-8H2,1-2H3,(H,17,20). The normalized spacial score (nSPS) is 14.2. The minimum atomic E-state index is -0.0200. The third kappa shape index (κ3) is 3.12. The van der Waals surface area contributed by atoms with Gasteiger partial charge in [-0.3, -0.25) is 4.79 Å². The molecule has 1 aromatic carbocycles. The molecule has 0 bridgehead atoms. The predicted octanol–water partition coefficient (Wildman–Crippen LogP) is 2.19. The summed E-state index contributed by atoms with van der Waals surface area (Å²) in [6, 6.07) is 5.86. The van der Waals surface area contributed by atoms with Crippen LogP contribution in [0.2, 0.25) is 0 Å². The van der Waals surface area contributed by atoms with Crippen LogP contribution in [-0.2, 0) is 11.2 Å². The van der Waals surface area contributed by atoms with Crippen molar-refractivity contribution in [3.8, 4) is 5.75 Å². The molecule has 21 heavy (non-hydrogen) atoms. The molecule has 0 spiro atoms. The van der Waals surface area contributed by atoms with Crippen molar-refractivity contribution in [2.24, 2.45) is 0 Å². The highest BCUT2D eigenvalue weighted by molar-refractivity contribution is 5.82.